The van der Waals surface area contributed by atoms with Gasteiger partial charge in [-0.2, -0.15) is 0 Å². The van der Waals surface area contributed by atoms with E-state index in [-0.39, 0.29) is 5.91 Å². The first-order valence-electron chi connectivity index (χ1n) is 13.7. The Kier molecular flexibility index (Phi) is 6.26. The van der Waals surface area contributed by atoms with E-state index < -0.39 is 0 Å². The number of pyridine rings is 1. The number of likely N-dealkylation sites (tertiary alicyclic amines) is 1. The molecule has 40 heavy (non-hydrogen) atoms. The van der Waals surface area contributed by atoms with Crippen molar-refractivity contribution in [1.82, 2.24) is 34.1 Å². The molecular formula is C30H31N9O. The van der Waals surface area contributed by atoms with Crippen LogP contribution in [0.4, 0.5) is 11.6 Å². The summed E-state index contributed by atoms with van der Waals surface area (Å²) < 4.78 is 4.40. The van der Waals surface area contributed by atoms with Gasteiger partial charge < -0.3 is 20.9 Å². The smallest absolute Gasteiger partial charge is 0.256 e. The number of nitrogens with one attached hydrogen (secondary N) is 2. The van der Waals surface area contributed by atoms with Gasteiger partial charge in [0.05, 0.1) is 5.69 Å². The number of carbonyl (C=O) groups excluding carboxylic acids is 1. The van der Waals surface area contributed by atoms with E-state index in [1.165, 1.54) is 0 Å². The molecule has 6 heterocycles. The molecule has 10 heteroatoms. The normalized spacial score (nSPS) is 16.7. The van der Waals surface area contributed by atoms with E-state index in [1.54, 1.807) is 30.6 Å². The summed E-state index contributed by atoms with van der Waals surface area (Å²) in [7, 11) is 0. The lowest BCUT2D eigenvalue weighted by atomic mass is 10.0. The largest absolute Gasteiger partial charge is 0.382 e. The molecule has 4 N–H and O–H groups in total. The average Bonchev–Trinajstić information content (AvgIpc) is 3.59. The molecule has 7 rings (SSSR count). The van der Waals surface area contributed by atoms with E-state index in [4.69, 9.17) is 10.7 Å². The lowest BCUT2D eigenvalue weighted by Gasteiger charge is -2.42. The first kappa shape index (κ1) is 24.5. The van der Waals surface area contributed by atoms with Crippen LogP contribution in [-0.2, 0) is 0 Å². The summed E-state index contributed by atoms with van der Waals surface area (Å²) in [5.74, 6) is 1.52. The number of nitrogens with two attached hydrogens (primary N) is 1. The van der Waals surface area contributed by atoms with E-state index in [9.17, 15) is 4.79 Å². The van der Waals surface area contributed by atoms with Gasteiger partial charge in [0.2, 0.25) is 0 Å². The van der Waals surface area contributed by atoms with Gasteiger partial charge in [-0.3, -0.25) is 14.1 Å². The Morgan fingerprint density at radius 3 is 2.48 bits per heavy atom. The molecule has 10 nitrogen and oxygen atoms in total. The minimum Gasteiger partial charge on any atom is -0.382 e. The van der Waals surface area contributed by atoms with Crippen molar-refractivity contribution in [3.8, 4) is 22.8 Å². The van der Waals surface area contributed by atoms with E-state index >= 15 is 0 Å². The van der Waals surface area contributed by atoms with Crippen molar-refractivity contribution in [1.29, 1.82) is 0 Å². The SMILES string of the molecule is Nc1nccn2c(-c3cccn3C3CCN(C4CNC4)CC3)nc(-c3ccc(C(=O)Nc4ccccn4)cc3)c12. The topological polar surface area (TPSA) is 118 Å². The molecule has 0 aliphatic carbocycles. The molecular weight excluding hydrogens is 502 g/mol. The molecule has 1 amide bonds. The number of imidazole rings is 1. The molecule has 2 aliphatic heterocycles. The van der Waals surface area contributed by atoms with Crippen LogP contribution >= 0.6 is 0 Å². The first-order chi connectivity index (χ1) is 19.7. The molecule has 0 saturated carbocycles. The Hall–Kier alpha value is -4.54. The van der Waals surface area contributed by atoms with E-state index in [0.29, 0.717) is 29.3 Å². The van der Waals surface area contributed by atoms with Crippen molar-refractivity contribution < 1.29 is 4.79 Å². The van der Waals surface area contributed by atoms with Crippen molar-refractivity contribution >= 4 is 23.1 Å². The highest BCUT2D eigenvalue weighted by Gasteiger charge is 2.30. The number of nitrogen functional groups attached to an aromatic ring is 1. The molecule has 0 radical (unpaired) electrons. The molecule has 1 aromatic carbocycles. The number of amides is 1. The van der Waals surface area contributed by atoms with Gasteiger partial charge in [0, 0.05) is 74.2 Å². The van der Waals surface area contributed by atoms with Crippen LogP contribution in [0, 0.1) is 0 Å². The second kappa shape index (κ2) is 10.2. The number of carbonyl (C=O) groups is 1. The van der Waals surface area contributed by atoms with Crippen LogP contribution in [0.5, 0.6) is 0 Å². The Bertz CT molecular complexity index is 1650. The molecule has 202 valence electrons. The fourth-order valence-corrected chi connectivity index (χ4v) is 5.81. The van der Waals surface area contributed by atoms with E-state index in [0.717, 1.165) is 67.3 Å². The second-order valence-electron chi connectivity index (χ2n) is 10.4. The number of piperidine rings is 1. The molecule has 2 fully saturated rings. The van der Waals surface area contributed by atoms with Gasteiger partial charge in [-0.05, 0) is 49.2 Å². The summed E-state index contributed by atoms with van der Waals surface area (Å²) in [6.45, 7) is 4.43. The van der Waals surface area contributed by atoms with Gasteiger partial charge in [-0.15, -0.1) is 0 Å². The summed E-state index contributed by atoms with van der Waals surface area (Å²) in [5, 5.41) is 6.21. The molecule has 5 aromatic rings. The highest BCUT2D eigenvalue weighted by molar-refractivity contribution is 6.04. The summed E-state index contributed by atoms with van der Waals surface area (Å²) in [6.07, 6.45) is 9.66. The van der Waals surface area contributed by atoms with Crippen LogP contribution in [0.15, 0.2) is 79.4 Å². The van der Waals surface area contributed by atoms with Gasteiger partial charge in [-0.25, -0.2) is 15.0 Å². The van der Waals surface area contributed by atoms with Gasteiger partial charge in [0.1, 0.15) is 22.8 Å². The number of rotatable bonds is 6. The standard InChI is InChI=1S/C30H31N9O/c31-28-27-26(20-6-8-21(9-7-20)30(40)35-25-5-1-2-12-33-25)36-29(39(27)17-13-34-28)24-4-3-14-38(24)22-10-15-37(16-11-22)23-18-32-19-23/h1-9,12-14,17,22-23,32H,10-11,15-16,18-19H2,(H2,31,34)(H,33,35,40). The molecule has 0 spiro atoms. The molecule has 2 aliphatic rings. The number of benzene rings is 1. The van der Waals surface area contributed by atoms with E-state index in [1.807, 2.05) is 34.9 Å². The molecule has 0 bridgehead atoms. The van der Waals surface area contributed by atoms with Crippen LogP contribution in [0.25, 0.3) is 28.3 Å². The number of anilines is 2. The summed E-state index contributed by atoms with van der Waals surface area (Å²) in [5.41, 5.74) is 10.3. The van der Waals surface area contributed by atoms with Gasteiger partial charge in [0.25, 0.3) is 5.91 Å². The lowest BCUT2D eigenvalue weighted by Crippen LogP contribution is -2.58. The number of nitrogens with zero attached hydrogens (tertiary/aromatic N) is 6. The zero-order valence-electron chi connectivity index (χ0n) is 22.1. The molecule has 2 saturated heterocycles. The van der Waals surface area contributed by atoms with Crippen molar-refractivity contribution in [3.63, 3.8) is 0 Å². The van der Waals surface area contributed by atoms with Crippen LogP contribution in [0.3, 0.4) is 0 Å². The minimum atomic E-state index is -0.223. The third kappa shape index (κ3) is 4.41. The van der Waals surface area contributed by atoms with Crippen molar-refractivity contribution in [2.24, 2.45) is 0 Å². The zero-order chi connectivity index (χ0) is 27.1. The Labute approximate surface area is 231 Å². The minimum absolute atomic E-state index is 0.223. The van der Waals surface area contributed by atoms with Crippen LogP contribution < -0.4 is 16.4 Å². The first-order valence-corrected chi connectivity index (χ1v) is 13.7. The summed E-state index contributed by atoms with van der Waals surface area (Å²) >= 11 is 0. The Morgan fingerprint density at radius 1 is 0.925 bits per heavy atom. The maximum absolute atomic E-state index is 12.7. The fourth-order valence-electron chi connectivity index (χ4n) is 5.81. The van der Waals surface area contributed by atoms with Crippen LogP contribution in [0.2, 0.25) is 0 Å². The maximum atomic E-state index is 12.7. The Balaban J connectivity index is 1.19. The summed E-state index contributed by atoms with van der Waals surface area (Å²) in [6, 6.07) is 18.1. The zero-order valence-corrected chi connectivity index (χ0v) is 22.1. The monoisotopic (exact) mass is 533 g/mol. The van der Waals surface area contributed by atoms with Crippen molar-refractivity contribution in [3.05, 3.63) is 84.9 Å². The molecule has 4 aromatic heterocycles. The maximum Gasteiger partial charge on any atom is 0.256 e. The van der Waals surface area contributed by atoms with Crippen LogP contribution in [0.1, 0.15) is 29.2 Å². The number of fused-ring (bicyclic) bond motifs is 1. The molecule has 0 atom stereocenters. The Morgan fingerprint density at radius 2 is 1.75 bits per heavy atom. The number of aromatic nitrogens is 5. The highest BCUT2D eigenvalue weighted by Crippen LogP contribution is 2.35. The average molecular weight is 534 g/mol. The highest BCUT2D eigenvalue weighted by atomic mass is 16.1. The second-order valence-corrected chi connectivity index (χ2v) is 10.4. The van der Waals surface area contributed by atoms with E-state index in [2.05, 4.69) is 48.4 Å². The number of hydrogen-bond acceptors (Lipinski definition) is 7. The quantitative estimate of drug-likeness (QED) is 0.305. The van der Waals surface area contributed by atoms with Gasteiger partial charge in [0.15, 0.2) is 5.82 Å². The van der Waals surface area contributed by atoms with Gasteiger partial charge >= 0.3 is 0 Å². The molecule has 0 unspecified atom stereocenters. The lowest BCUT2D eigenvalue weighted by molar-refractivity contribution is 0.101. The third-order valence-corrected chi connectivity index (χ3v) is 8.09. The summed E-state index contributed by atoms with van der Waals surface area (Å²) in [4.78, 5) is 29.0. The van der Waals surface area contributed by atoms with Crippen molar-refractivity contribution in [2.75, 3.05) is 37.2 Å². The van der Waals surface area contributed by atoms with Gasteiger partial charge in [-0.1, -0.05) is 18.2 Å². The fraction of sp³-hybridized carbons (Fsp3) is 0.267. The number of hydrogen-bond donors (Lipinski definition) is 3. The predicted molar refractivity (Wildman–Crippen MR) is 155 cm³/mol. The van der Waals surface area contributed by atoms with Crippen LogP contribution in [-0.4, -0.2) is 66.9 Å². The van der Waals surface area contributed by atoms with Crippen molar-refractivity contribution in [2.45, 2.75) is 24.9 Å². The third-order valence-electron chi connectivity index (χ3n) is 8.09. The predicted octanol–water partition coefficient (Wildman–Crippen LogP) is 3.70.